The number of hydrogen-bond donors (Lipinski definition) is 0. The summed E-state index contributed by atoms with van der Waals surface area (Å²) in [5.74, 6) is 0.522. The van der Waals surface area contributed by atoms with Gasteiger partial charge in [0.1, 0.15) is 5.75 Å². The van der Waals surface area contributed by atoms with Crippen LogP contribution in [0.3, 0.4) is 0 Å². The van der Waals surface area contributed by atoms with Crippen LogP contribution >= 0.6 is 0 Å². The molecule has 0 aromatic heterocycles. The highest BCUT2D eigenvalue weighted by atomic mass is 16.7. The summed E-state index contributed by atoms with van der Waals surface area (Å²) in [5, 5.41) is 0. The standard InChI is InChI=1S/C12H16O3/c1-3-5-10-6-8-11(9-7-10)15-12(13)14-4-2/h6-9H,3-5H2,1-2H3. The van der Waals surface area contributed by atoms with Crippen molar-refractivity contribution in [2.24, 2.45) is 0 Å². The predicted octanol–water partition coefficient (Wildman–Crippen LogP) is 3.17. The quantitative estimate of drug-likeness (QED) is 0.563. The SMILES string of the molecule is CCCc1ccc(OC(=O)OCC)cc1. The molecule has 0 fully saturated rings. The average Bonchev–Trinajstić information content (AvgIpc) is 2.22. The van der Waals surface area contributed by atoms with E-state index in [4.69, 9.17) is 4.74 Å². The van der Waals surface area contributed by atoms with E-state index in [0.717, 1.165) is 12.8 Å². The van der Waals surface area contributed by atoms with E-state index < -0.39 is 6.16 Å². The molecule has 3 heteroatoms. The van der Waals surface area contributed by atoms with Crippen LogP contribution in [0.25, 0.3) is 0 Å². The predicted molar refractivity (Wildman–Crippen MR) is 58.1 cm³/mol. The number of rotatable bonds is 4. The maximum atomic E-state index is 11.0. The third kappa shape index (κ3) is 4.02. The smallest absolute Gasteiger partial charge is 0.434 e. The van der Waals surface area contributed by atoms with Crippen LogP contribution in [0.5, 0.6) is 5.75 Å². The molecule has 3 nitrogen and oxygen atoms in total. The van der Waals surface area contributed by atoms with E-state index in [9.17, 15) is 4.79 Å². The van der Waals surface area contributed by atoms with Gasteiger partial charge in [0.25, 0.3) is 0 Å². The molecule has 0 saturated heterocycles. The molecule has 0 aliphatic rings. The van der Waals surface area contributed by atoms with Gasteiger partial charge in [-0.1, -0.05) is 25.5 Å². The summed E-state index contributed by atoms with van der Waals surface area (Å²) in [7, 11) is 0. The molecule has 0 spiro atoms. The Kier molecular flexibility index (Phi) is 4.68. The van der Waals surface area contributed by atoms with E-state index in [2.05, 4.69) is 11.7 Å². The van der Waals surface area contributed by atoms with Crippen molar-refractivity contribution in [2.75, 3.05) is 6.61 Å². The fraction of sp³-hybridized carbons (Fsp3) is 0.417. The van der Waals surface area contributed by atoms with Gasteiger partial charge in [0.05, 0.1) is 6.61 Å². The maximum absolute atomic E-state index is 11.0. The molecule has 0 bridgehead atoms. The van der Waals surface area contributed by atoms with E-state index >= 15 is 0 Å². The Morgan fingerprint density at radius 1 is 1.20 bits per heavy atom. The second kappa shape index (κ2) is 6.06. The lowest BCUT2D eigenvalue weighted by atomic mass is 10.1. The number of ether oxygens (including phenoxy) is 2. The molecule has 0 unspecified atom stereocenters. The summed E-state index contributed by atoms with van der Waals surface area (Å²) in [4.78, 5) is 11.0. The van der Waals surface area contributed by atoms with Crippen LogP contribution in [0.2, 0.25) is 0 Å². The van der Waals surface area contributed by atoms with Crippen molar-refractivity contribution < 1.29 is 14.3 Å². The first-order chi connectivity index (χ1) is 7.26. The van der Waals surface area contributed by atoms with E-state index in [-0.39, 0.29) is 0 Å². The zero-order valence-electron chi connectivity index (χ0n) is 9.16. The first-order valence-corrected chi connectivity index (χ1v) is 5.19. The van der Waals surface area contributed by atoms with Gasteiger partial charge in [-0.3, -0.25) is 0 Å². The van der Waals surface area contributed by atoms with Crippen LogP contribution in [0.1, 0.15) is 25.8 Å². The van der Waals surface area contributed by atoms with Gasteiger partial charge in [-0.15, -0.1) is 0 Å². The minimum Gasteiger partial charge on any atom is -0.434 e. The molecule has 1 aromatic carbocycles. The molecular formula is C12H16O3. The molecule has 0 heterocycles. The van der Waals surface area contributed by atoms with Crippen LogP contribution in [-0.2, 0) is 11.2 Å². The molecule has 1 rings (SSSR count). The van der Waals surface area contributed by atoms with Gasteiger partial charge >= 0.3 is 6.16 Å². The topological polar surface area (TPSA) is 35.5 Å². The third-order valence-corrected chi connectivity index (χ3v) is 1.93. The van der Waals surface area contributed by atoms with Crippen LogP contribution < -0.4 is 4.74 Å². The number of benzene rings is 1. The minimum atomic E-state index is -0.652. The lowest BCUT2D eigenvalue weighted by molar-refractivity contribution is 0.104. The molecule has 0 N–H and O–H groups in total. The molecule has 82 valence electrons. The molecular weight excluding hydrogens is 192 g/mol. The van der Waals surface area contributed by atoms with Gasteiger partial charge in [0.2, 0.25) is 0 Å². The average molecular weight is 208 g/mol. The third-order valence-electron chi connectivity index (χ3n) is 1.93. The molecule has 0 amide bonds. The van der Waals surface area contributed by atoms with Crippen molar-refractivity contribution in [3.05, 3.63) is 29.8 Å². The van der Waals surface area contributed by atoms with Crippen LogP contribution in [0, 0.1) is 0 Å². The lowest BCUT2D eigenvalue weighted by Crippen LogP contribution is -2.09. The van der Waals surface area contributed by atoms with E-state index in [0.29, 0.717) is 12.4 Å². The van der Waals surface area contributed by atoms with Gasteiger partial charge in [-0.2, -0.15) is 0 Å². The fourth-order valence-corrected chi connectivity index (χ4v) is 1.26. The summed E-state index contributed by atoms with van der Waals surface area (Å²) in [5.41, 5.74) is 1.24. The molecule has 0 aliphatic carbocycles. The fourth-order valence-electron chi connectivity index (χ4n) is 1.26. The van der Waals surface area contributed by atoms with Crippen LogP contribution in [0.15, 0.2) is 24.3 Å². The summed E-state index contributed by atoms with van der Waals surface area (Å²) in [6.07, 6.45) is 1.50. The maximum Gasteiger partial charge on any atom is 0.513 e. The highest BCUT2D eigenvalue weighted by Crippen LogP contribution is 2.13. The van der Waals surface area contributed by atoms with Crippen molar-refractivity contribution >= 4 is 6.16 Å². The zero-order chi connectivity index (χ0) is 11.1. The first kappa shape index (κ1) is 11.6. The zero-order valence-corrected chi connectivity index (χ0v) is 9.16. The van der Waals surface area contributed by atoms with Gasteiger partial charge in [-0.25, -0.2) is 4.79 Å². The number of carbonyl (C=O) groups excluding carboxylic acids is 1. The minimum absolute atomic E-state index is 0.326. The Labute approximate surface area is 90.0 Å². The summed E-state index contributed by atoms with van der Waals surface area (Å²) >= 11 is 0. The molecule has 1 aromatic rings. The van der Waals surface area contributed by atoms with Crippen LogP contribution in [0.4, 0.5) is 4.79 Å². The van der Waals surface area contributed by atoms with Crippen molar-refractivity contribution in [3.8, 4) is 5.75 Å². The van der Waals surface area contributed by atoms with Gasteiger partial charge < -0.3 is 9.47 Å². The van der Waals surface area contributed by atoms with Crippen molar-refractivity contribution in [1.82, 2.24) is 0 Å². The molecule has 0 atom stereocenters. The lowest BCUT2D eigenvalue weighted by Gasteiger charge is -2.04. The number of hydrogen-bond acceptors (Lipinski definition) is 3. The summed E-state index contributed by atoms with van der Waals surface area (Å²) < 4.78 is 9.59. The van der Waals surface area contributed by atoms with Gasteiger partial charge in [0.15, 0.2) is 0 Å². The summed E-state index contributed by atoms with van der Waals surface area (Å²) in [6, 6.07) is 7.47. The highest BCUT2D eigenvalue weighted by molar-refractivity contribution is 5.63. The number of aryl methyl sites for hydroxylation is 1. The van der Waals surface area contributed by atoms with Crippen molar-refractivity contribution in [2.45, 2.75) is 26.7 Å². The first-order valence-electron chi connectivity index (χ1n) is 5.19. The Bertz CT molecular complexity index is 303. The largest absolute Gasteiger partial charge is 0.513 e. The second-order valence-electron chi connectivity index (χ2n) is 3.18. The normalized spacial score (nSPS) is 9.73. The Balaban J connectivity index is 2.52. The molecule has 0 radical (unpaired) electrons. The van der Waals surface area contributed by atoms with E-state index in [1.165, 1.54) is 5.56 Å². The van der Waals surface area contributed by atoms with Crippen molar-refractivity contribution in [3.63, 3.8) is 0 Å². The van der Waals surface area contributed by atoms with E-state index in [1.54, 1.807) is 19.1 Å². The summed E-state index contributed by atoms with van der Waals surface area (Å²) in [6.45, 7) is 4.20. The Morgan fingerprint density at radius 3 is 2.40 bits per heavy atom. The second-order valence-corrected chi connectivity index (χ2v) is 3.18. The molecule has 15 heavy (non-hydrogen) atoms. The van der Waals surface area contributed by atoms with Crippen LogP contribution in [-0.4, -0.2) is 12.8 Å². The van der Waals surface area contributed by atoms with E-state index in [1.807, 2.05) is 12.1 Å². The van der Waals surface area contributed by atoms with Gasteiger partial charge in [0, 0.05) is 0 Å². The monoisotopic (exact) mass is 208 g/mol. The Morgan fingerprint density at radius 2 is 1.87 bits per heavy atom. The Hall–Kier alpha value is -1.51. The molecule has 0 aliphatic heterocycles. The highest BCUT2D eigenvalue weighted by Gasteiger charge is 2.03. The number of carbonyl (C=O) groups is 1. The van der Waals surface area contributed by atoms with Crippen molar-refractivity contribution in [1.29, 1.82) is 0 Å². The molecule has 0 saturated carbocycles. The van der Waals surface area contributed by atoms with Gasteiger partial charge in [-0.05, 0) is 31.0 Å².